The van der Waals surface area contributed by atoms with Crippen LogP contribution in [0, 0.1) is 13.8 Å². The molecule has 1 aromatic carbocycles. The van der Waals surface area contributed by atoms with Gasteiger partial charge in [0.1, 0.15) is 17.4 Å². The Morgan fingerprint density at radius 1 is 1.18 bits per heavy atom. The molecule has 0 amide bonds. The van der Waals surface area contributed by atoms with Gasteiger partial charge in [-0.25, -0.2) is 9.98 Å². The maximum absolute atomic E-state index is 6.62. The van der Waals surface area contributed by atoms with Crippen LogP contribution in [0.5, 0.6) is 5.75 Å². The van der Waals surface area contributed by atoms with Gasteiger partial charge in [-0.3, -0.25) is 10.1 Å². The molecule has 11 heteroatoms. The van der Waals surface area contributed by atoms with Gasteiger partial charge in [-0.1, -0.05) is 11.6 Å². The lowest BCUT2D eigenvalue weighted by Gasteiger charge is -2.37. The van der Waals surface area contributed by atoms with Crippen molar-refractivity contribution < 1.29 is 4.74 Å². The third kappa shape index (κ3) is 5.81. The number of nitrogens with one attached hydrogen (secondary N) is 3. The number of piperazine rings is 1. The molecule has 3 aromatic heterocycles. The van der Waals surface area contributed by atoms with Crippen LogP contribution in [0.4, 0.5) is 11.5 Å². The number of aromatic amines is 2. The molecule has 1 aliphatic heterocycles. The number of fused-ring (bicyclic) bond motifs is 1. The van der Waals surface area contributed by atoms with E-state index in [-0.39, 0.29) is 6.73 Å². The van der Waals surface area contributed by atoms with Crippen LogP contribution in [0.25, 0.3) is 10.9 Å². The molecule has 1 saturated heterocycles. The maximum atomic E-state index is 6.62. The van der Waals surface area contributed by atoms with E-state index in [1.165, 1.54) is 0 Å². The first-order valence-corrected chi connectivity index (χ1v) is 12.7. The molecule has 0 bridgehead atoms. The third-order valence-electron chi connectivity index (χ3n) is 6.30. The van der Waals surface area contributed by atoms with E-state index in [1.807, 2.05) is 56.5 Å². The minimum absolute atomic E-state index is 0.0925. The first kappa shape index (κ1) is 25.3. The lowest BCUT2D eigenvalue weighted by molar-refractivity contribution is 0.324. The molecule has 0 radical (unpaired) electrons. The van der Waals surface area contributed by atoms with Crippen LogP contribution < -0.4 is 15.0 Å². The SMILES string of the molecule is C=N/C(=C\C(=N/COc1ccc2[nH]c(C)cc2c1Cl)N1CCN(c2cccnc2)CC1)Nc1cc(C)[nH]n1. The Labute approximate surface area is 226 Å². The van der Waals surface area contributed by atoms with E-state index in [1.54, 1.807) is 6.20 Å². The summed E-state index contributed by atoms with van der Waals surface area (Å²) in [7, 11) is 0. The largest absolute Gasteiger partial charge is 0.470 e. The van der Waals surface area contributed by atoms with E-state index < -0.39 is 0 Å². The normalized spacial score (nSPS) is 14.7. The quantitative estimate of drug-likeness (QED) is 0.223. The monoisotopic (exact) mass is 531 g/mol. The third-order valence-corrected chi connectivity index (χ3v) is 6.69. The summed E-state index contributed by atoms with van der Waals surface area (Å²) < 4.78 is 6.01. The van der Waals surface area contributed by atoms with Gasteiger partial charge in [0.15, 0.2) is 12.5 Å². The molecule has 0 atom stereocenters. The predicted octanol–water partition coefficient (Wildman–Crippen LogP) is 4.77. The lowest BCUT2D eigenvalue weighted by Crippen LogP contribution is -2.48. The molecule has 10 nitrogen and oxygen atoms in total. The zero-order valence-electron chi connectivity index (χ0n) is 21.4. The summed E-state index contributed by atoms with van der Waals surface area (Å²) in [5.41, 5.74) is 4.06. The second kappa shape index (κ2) is 11.4. The molecule has 38 heavy (non-hydrogen) atoms. The highest BCUT2D eigenvalue weighted by molar-refractivity contribution is 6.37. The number of rotatable bonds is 8. The summed E-state index contributed by atoms with van der Waals surface area (Å²) in [6, 6.07) is 11.8. The van der Waals surface area contributed by atoms with Gasteiger partial charge < -0.3 is 24.8 Å². The minimum atomic E-state index is 0.0925. The highest BCUT2D eigenvalue weighted by Gasteiger charge is 2.20. The molecule has 0 unspecified atom stereocenters. The number of amidine groups is 1. The summed E-state index contributed by atoms with van der Waals surface area (Å²) in [5, 5.41) is 11.8. The fourth-order valence-corrected chi connectivity index (χ4v) is 4.67. The molecule has 0 aliphatic carbocycles. The van der Waals surface area contributed by atoms with Crippen molar-refractivity contribution in [1.29, 1.82) is 0 Å². The van der Waals surface area contributed by atoms with Crippen molar-refractivity contribution in [2.24, 2.45) is 9.98 Å². The Morgan fingerprint density at radius 3 is 2.74 bits per heavy atom. The van der Waals surface area contributed by atoms with Crippen LogP contribution in [0.3, 0.4) is 0 Å². The molecule has 0 spiro atoms. The van der Waals surface area contributed by atoms with Gasteiger partial charge in [-0.2, -0.15) is 5.10 Å². The predicted molar refractivity (Wildman–Crippen MR) is 154 cm³/mol. The Kier molecular flexibility index (Phi) is 7.60. The first-order valence-electron chi connectivity index (χ1n) is 12.3. The van der Waals surface area contributed by atoms with Crippen LogP contribution >= 0.6 is 11.6 Å². The van der Waals surface area contributed by atoms with Crippen molar-refractivity contribution in [2.45, 2.75) is 13.8 Å². The number of benzene rings is 1. The van der Waals surface area contributed by atoms with Crippen molar-refractivity contribution >= 4 is 46.6 Å². The fraction of sp³-hybridized carbons (Fsp3) is 0.259. The van der Waals surface area contributed by atoms with E-state index in [0.29, 0.717) is 22.4 Å². The lowest BCUT2D eigenvalue weighted by atomic mass is 10.2. The Morgan fingerprint density at radius 2 is 2.03 bits per heavy atom. The maximum Gasteiger partial charge on any atom is 0.181 e. The summed E-state index contributed by atoms with van der Waals surface area (Å²) in [6.45, 7) is 11.0. The number of halogens is 1. The van der Waals surface area contributed by atoms with E-state index in [0.717, 1.165) is 60.0 Å². The standard InChI is InChI=1S/C27H30ClN9O/c1-18-13-21-22(32-18)6-7-23(27(21)28)38-17-31-26(15-24(29-3)33-25-14-19(2)34-35-25)37-11-9-36(10-12-37)20-5-4-8-30-16-20/h4-8,13-16,32H,3,9-12,17H2,1-2H3,(H2,33,34,35)/b24-15+,31-26+. The number of ether oxygens (including phenoxy) is 1. The number of nitrogens with zero attached hydrogens (tertiary/aromatic N) is 6. The summed E-state index contributed by atoms with van der Waals surface area (Å²) in [6.07, 6.45) is 5.54. The Bertz CT molecular complexity index is 1470. The van der Waals surface area contributed by atoms with Gasteiger partial charge in [-0.05, 0) is 50.9 Å². The molecule has 4 heterocycles. The average Bonchev–Trinajstić information content (AvgIpc) is 3.53. The van der Waals surface area contributed by atoms with E-state index in [2.05, 4.69) is 53.1 Å². The summed E-state index contributed by atoms with van der Waals surface area (Å²) in [4.78, 5) is 21.0. The van der Waals surface area contributed by atoms with E-state index in [4.69, 9.17) is 21.3 Å². The van der Waals surface area contributed by atoms with Crippen molar-refractivity contribution in [1.82, 2.24) is 25.1 Å². The molecular formula is C27H30ClN9O. The Balaban J connectivity index is 1.35. The van der Waals surface area contributed by atoms with Gasteiger partial charge >= 0.3 is 0 Å². The van der Waals surface area contributed by atoms with Crippen molar-refractivity contribution in [3.05, 3.63) is 77.1 Å². The van der Waals surface area contributed by atoms with Gasteiger partial charge in [-0.15, -0.1) is 0 Å². The zero-order valence-corrected chi connectivity index (χ0v) is 22.2. The van der Waals surface area contributed by atoms with Crippen molar-refractivity contribution in [2.75, 3.05) is 43.1 Å². The van der Waals surface area contributed by atoms with Crippen molar-refractivity contribution in [3.63, 3.8) is 0 Å². The number of aromatic nitrogens is 4. The molecule has 0 saturated carbocycles. The molecule has 5 rings (SSSR count). The smallest absolute Gasteiger partial charge is 0.181 e. The molecule has 4 aromatic rings. The summed E-state index contributed by atoms with van der Waals surface area (Å²) in [5.74, 6) is 2.50. The number of hydrogen-bond acceptors (Lipinski definition) is 7. The number of aryl methyl sites for hydroxylation is 2. The van der Waals surface area contributed by atoms with Crippen molar-refractivity contribution in [3.8, 4) is 5.75 Å². The second-order valence-corrected chi connectivity index (χ2v) is 9.39. The van der Waals surface area contributed by atoms with Crippen LogP contribution in [-0.2, 0) is 0 Å². The fourth-order valence-electron chi connectivity index (χ4n) is 4.40. The minimum Gasteiger partial charge on any atom is -0.470 e. The summed E-state index contributed by atoms with van der Waals surface area (Å²) >= 11 is 6.62. The van der Waals surface area contributed by atoms with Crippen LogP contribution in [0.15, 0.2) is 70.7 Å². The first-order chi connectivity index (χ1) is 18.5. The van der Waals surface area contributed by atoms with Gasteiger partial charge in [0.05, 0.1) is 16.9 Å². The van der Waals surface area contributed by atoms with Crippen LogP contribution in [0.1, 0.15) is 11.4 Å². The highest BCUT2D eigenvalue weighted by atomic mass is 35.5. The average molecular weight is 532 g/mol. The molecule has 196 valence electrons. The molecular weight excluding hydrogens is 502 g/mol. The number of aliphatic imine (C=N–C) groups is 2. The number of H-pyrrole nitrogens is 2. The van der Waals surface area contributed by atoms with Gasteiger partial charge in [0.25, 0.3) is 0 Å². The molecule has 3 N–H and O–H groups in total. The number of hydrogen-bond donors (Lipinski definition) is 3. The Hall–Kier alpha value is -4.31. The zero-order chi connectivity index (χ0) is 26.5. The highest BCUT2D eigenvalue weighted by Crippen LogP contribution is 2.33. The van der Waals surface area contributed by atoms with Gasteiger partial charge in [0, 0.05) is 66.8 Å². The molecule has 1 aliphatic rings. The number of pyridine rings is 1. The van der Waals surface area contributed by atoms with Crippen LogP contribution in [0.2, 0.25) is 5.02 Å². The topological polar surface area (TPSA) is 110 Å². The van der Waals surface area contributed by atoms with E-state index >= 15 is 0 Å². The molecule has 1 fully saturated rings. The second-order valence-electron chi connectivity index (χ2n) is 9.02. The van der Waals surface area contributed by atoms with E-state index in [9.17, 15) is 0 Å². The van der Waals surface area contributed by atoms with Crippen LogP contribution in [-0.4, -0.2) is 70.5 Å². The number of anilines is 2. The van der Waals surface area contributed by atoms with Gasteiger partial charge in [0.2, 0.25) is 0 Å².